The van der Waals surface area contributed by atoms with Crippen molar-refractivity contribution in [2.75, 3.05) is 20.3 Å². The number of aliphatic hydroxyl groups excluding tert-OH is 2. The first-order valence-electron chi connectivity index (χ1n) is 9.61. The summed E-state index contributed by atoms with van der Waals surface area (Å²) in [5.41, 5.74) is 2.47. The van der Waals surface area contributed by atoms with E-state index >= 15 is 0 Å². The second-order valence-corrected chi connectivity index (χ2v) is 7.73. The summed E-state index contributed by atoms with van der Waals surface area (Å²) in [6, 6.07) is 11.6. The molecule has 9 heteroatoms. The first-order valence-corrected chi connectivity index (χ1v) is 10.4. The molecule has 0 radical (unpaired) electrons. The molecule has 0 aliphatic heterocycles. The van der Waals surface area contributed by atoms with Gasteiger partial charge in [0, 0.05) is 17.2 Å². The van der Waals surface area contributed by atoms with Gasteiger partial charge < -0.3 is 25.0 Å². The molecule has 1 amide bonds. The van der Waals surface area contributed by atoms with Crippen LogP contribution >= 0.6 is 23.2 Å². The highest BCUT2D eigenvalue weighted by Gasteiger charge is 2.33. The maximum atomic E-state index is 12.0. The van der Waals surface area contributed by atoms with E-state index in [0.717, 1.165) is 16.7 Å². The van der Waals surface area contributed by atoms with Gasteiger partial charge in [-0.2, -0.15) is 0 Å². The van der Waals surface area contributed by atoms with E-state index in [1.807, 2.05) is 24.3 Å². The van der Waals surface area contributed by atoms with E-state index in [-0.39, 0.29) is 19.6 Å². The molecule has 0 heterocycles. The average molecular weight is 470 g/mol. The predicted octanol–water partition coefficient (Wildman–Crippen LogP) is 2.62. The third-order valence-electron chi connectivity index (χ3n) is 4.49. The third-order valence-corrected chi connectivity index (χ3v) is 4.93. The number of benzene rings is 2. The quantitative estimate of drug-likeness (QED) is 0.462. The van der Waals surface area contributed by atoms with E-state index in [2.05, 4.69) is 5.32 Å². The van der Waals surface area contributed by atoms with Gasteiger partial charge in [0.25, 0.3) is 0 Å². The van der Waals surface area contributed by atoms with Gasteiger partial charge in [-0.15, -0.1) is 0 Å². The molecule has 2 rings (SSSR count). The number of halogens is 2. The number of aliphatic hydroxyl groups is 2. The zero-order chi connectivity index (χ0) is 23.0. The van der Waals surface area contributed by atoms with Crippen LogP contribution in [-0.4, -0.2) is 60.7 Å². The Morgan fingerprint density at radius 1 is 1.03 bits per heavy atom. The van der Waals surface area contributed by atoms with E-state index in [9.17, 15) is 19.8 Å². The molecule has 0 aliphatic carbocycles. The van der Waals surface area contributed by atoms with Crippen LogP contribution in [-0.2, 0) is 25.5 Å². The van der Waals surface area contributed by atoms with Crippen molar-refractivity contribution in [3.05, 3.63) is 58.1 Å². The van der Waals surface area contributed by atoms with Crippen molar-refractivity contribution in [3.63, 3.8) is 0 Å². The Kier molecular flexibility index (Phi) is 9.74. The highest BCUT2D eigenvalue weighted by Crippen LogP contribution is 2.27. The molecule has 0 unspecified atom stereocenters. The summed E-state index contributed by atoms with van der Waals surface area (Å²) in [7, 11) is 1.36. The molecule has 3 N–H and O–H groups in total. The molecule has 0 fully saturated rings. The van der Waals surface area contributed by atoms with Crippen LogP contribution in [0.3, 0.4) is 0 Å². The molecule has 3 atom stereocenters. The standard InChI is InChI=1S/C22H25Cl2NO6/c1-3-31-22(29)21(28)20(27)18(25-19(26)12-30-2)8-13-4-6-14(7-5-13)15-9-16(23)11-17(24)10-15/h4-7,9-11,18,20-21,27-28H,3,8,12H2,1-2H3,(H,25,26)/t18-,20+,21+/m1/s1. The van der Waals surface area contributed by atoms with Crippen molar-refractivity contribution < 1.29 is 29.3 Å². The molecule has 168 valence electrons. The number of rotatable bonds is 10. The Balaban J connectivity index is 2.20. The van der Waals surface area contributed by atoms with Gasteiger partial charge in [-0.3, -0.25) is 4.79 Å². The summed E-state index contributed by atoms with van der Waals surface area (Å²) >= 11 is 12.1. The summed E-state index contributed by atoms with van der Waals surface area (Å²) in [6.45, 7) is 1.41. The molecule has 0 bridgehead atoms. The lowest BCUT2D eigenvalue weighted by Gasteiger charge is -2.27. The maximum absolute atomic E-state index is 12.0. The van der Waals surface area contributed by atoms with Gasteiger partial charge in [0.05, 0.1) is 12.6 Å². The Morgan fingerprint density at radius 3 is 2.19 bits per heavy atom. The highest BCUT2D eigenvalue weighted by molar-refractivity contribution is 6.35. The van der Waals surface area contributed by atoms with Gasteiger partial charge in [-0.1, -0.05) is 47.5 Å². The molecule has 31 heavy (non-hydrogen) atoms. The summed E-state index contributed by atoms with van der Waals surface area (Å²) in [5, 5.41) is 24.3. The van der Waals surface area contributed by atoms with Gasteiger partial charge in [-0.05, 0) is 48.2 Å². The van der Waals surface area contributed by atoms with Gasteiger partial charge >= 0.3 is 5.97 Å². The van der Waals surface area contributed by atoms with Crippen LogP contribution in [0.15, 0.2) is 42.5 Å². The Labute approximate surface area is 190 Å². The Bertz CT molecular complexity index is 870. The number of amides is 1. The number of carbonyl (C=O) groups excluding carboxylic acids is 2. The summed E-state index contributed by atoms with van der Waals surface area (Å²) in [4.78, 5) is 23.8. The number of carbonyl (C=O) groups is 2. The van der Waals surface area contributed by atoms with Crippen molar-refractivity contribution >= 4 is 35.1 Å². The first-order chi connectivity index (χ1) is 14.7. The summed E-state index contributed by atoms with van der Waals surface area (Å²) < 4.78 is 9.55. The molecule has 2 aromatic rings. The number of ether oxygens (including phenoxy) is 2. The van der Waals surface area contributed by atoms with E-state index in [1.54, 1.807) is 25.1 Å². The molecular formula is C22H25Cl2NO6. The number of hydrogen-bond acceptors (Lipinski definition) is 6. The first kappa shape index (κ1) is 25.1. The number of hydrogen-bond donors (Lipinski definition) is 3. The molecule has 0 saturated carbocycles. The fourth-order valence-electron chi connectivity index (χ4n) is 3.03. The minimum Gasteiger partial charge on any atom is -0.464 e. The second-order valence-electron chi connectivity index (χ2n) is 6.85. The van der Waals surface area contributed by atoms with Crippen molar-refractivity contribution in [1.82, 2.24) is 5.32 Å². The van der Waals surface area contributed by atoms with Crippen LogP contribution in [0.5, 0.6) is 0 Å². The minimum absolute atomic E-state index is 0.0539. The van der Waals surface area contributed by atoms with Crippen molar-refractivity contribution in [1.29, 1.82) is 0 Å². The monoisotopic (exact) mass is 469 g/mol. The van der Waals surface area contributed by atoms with Gasteiger partial charge in [0.15, 0.2) is 6.10 Å². The highest BCUT2D eigenvalue weighted by atomic mass is 35.5. The van der Waals surface area contributed by atoms with Crippen LogP contribution in [0.25, 0.3) is 11.1 Å². The van der Waals surface area contributed by atoms with Crippen LogP contribution < -0.4 is 5.32 Å². The van der Waals surface area contributed by atoms with Crippen LogP contribution in [0.2, 0.25) is 10.0 Å². The lowest BCUT2D eigenvalue weighted by Crippen LogP contribution is -2.53. The van der Waals surface area contributed by atoms with Crippen LogP contribution in [0, 0.1) is 0 Å². The number of esters is 1. The lowest BCUT2D eigenvalue weighted by atomic mass is 9.96. The van der Waals surface area contributed by atoms with Gasteiger partial charge in [0.2, 0.25) is 5.91 Å². The van der Waals surface area contributed by atoms with Crippen LogP contribution in [0.1, 0.15) is 12.5 Å². The average Bonchev–Trinajstić information content (AvgIpc) is 2.72. The molecule has 2 aromatic carbocycles. The molecular weight excluding hydrogens is 445 g/mol. The maximum Gasteiger partial charge on any atom is 0.337 e. The predicted molar refractivity (Wildman–Crippen MR) is 118 cm³/mol. The molecule has 0 aromatic heterocycles. The topological polar surface area (TPSA) is 105 Å². The molecule has 7 nitrogen and oxygen atoms in total. The molecule has 0 saturated heterocycles. The lowest BCUT2D eigenvalue weighted by molar-refractivity contribution is -0.161. The number of nitrogens with one attached hydrogen (secondary N) is 1. The van der Waals surface area contributed by atoms with Crippen molar-refractivity contribution in [3.8, 4) is 11.1 Å². The summed E-state index contributed by atoms with van der Waals surface area (Å²) in [5.74, 6) is -1.46. The van der Waals surface area contributed by atoms with Gasteiger partial charge in [-0.25, -0.2) is 4.79 Å². The van der Waals surface area contributed by atoms with E-state index < -0.39 is 30.1 Å². The van der Waals surface area contributed by atoms with E-state index in [4.69, 9.17) is 32.7 Å². The van der Waals surface area contributed by atoms with Gasteiger partial charge in [0.1, 0.15) is 12.7 Å². The minimum atomic E-state index is -1.80. The Hall–Kier alpha value is -2.16. The normalized spacial score (nSPS) is 13.9. The second kappa shape index (κ2) is 12.0. The molecule has 0 aliphatic rings. The zero-order valence-electron chi connectivity index (χ0n) is 17.2. The van der Waals surface area contributed by atoms with Crippen LogP contribution in [0.4, 0.5) is 0 Å². The largest absolute Gasteiger partial charge is 0.464 e. The SMILES string of the molecule is CCOC(=O)[C@@H](O)[C@@H](O)[C@@H](Cc1ccc(-c2cc(Cl)cc(Cl)c2)cc1)NC(=O)COC. The fraction of sp³-hybridized carbons (Fsp3) is 0.364. The number of methoxy groups -OCH3 is 1. The summed E-state index contributed by atoms with van der Waals surface area (Å²) in [6.07, 6.45) is -3.23. The van der Waals surface area contributed by atoms with E-state index in [1.165, 1.54) is 7.11 Å². The zero-order valence-corrected chi connectivity index (χ0v) is 18.7. The fourth-order valence-corrected chi connectivity index (χ4v) is 3.56. The van der Waals surface area contributed by atoms with Crippen molar-refractivity contribution in [2.45, 2.75) is 31.6 Å². The van der Waals surface area contributed by atoms with Crippen molar-refractivity contribution in [2.24, 2.45) is 0 Å². The third kappa shape index (κ3) is 7.48. The molecule has 0 spiro atoms. The smallest absolute Gasteiger partial charge is 0.337 e. The Morgan fingerprint density at radius 2 is 1.65 bits per heavy atom. The van der Waals surface area contributed by atoms with E-state index in [0.29, 0.717) is 10.0 Å².